The largest absolute Gasteiger partial charge is 0.383 e. The molecule has 138 valence electrons. The zero-order valence-corrected chi connectivity index (χ0v) is 16.0. The number of para-hydroxylation sites is 2. The van der Waals surface area contributed by atoms with Gasteiger partial charge in [-0.15, -0.1) is 0 Å². The number of hydrogen-bond acceptors (Lipinski definition) is 2. The van der Waals surface area contributed by atoms with E-state index in [1.807, 2.05) is 18.3 Å². The van der Waals surface area contributed by atoms with Crippen LogP contribution in [0.4, 0.5) is 11.4 Å². The molecule has 4 aromatic rings. The minimum atomic E-state index is 0.427. The Morgan fingerprint density at radius 2 is 1.50 bits per heavy atom. The molecule has 0 aliphatic carbocycles. The summed E-state index contributed by atoms with van der Waals surface area (Å²) in [4.78, 5) is 4.79. The van der Waals surface area contributed by atoms with Gasteiger partial charge in [0.2, 0.25) is 0 Å². The van der Waals surface area contributed by atoms with Gasteiger partial charge in [0, 0.05) is 18.3 Å². The smallest absolute Gasteiger partial charge is 0.0861 e. The van der Waals surface area contributed by atoms with Gasteiger partial charge in [-0.2, -0.15) is 0 Å². The Kier molecular flexibility index (Phi) is 5.48. The van der Waals surface area contributed by atoms with Crippen molar-refractivity contribution >= 4 is 28.4 Å². The molecule has 0 radical (unpaired) electrons. The zero-order chi connectivity index (χ0) is 19.2. The number of benzene rings is 4. The van der Waals surface area contributed by atoms with Crippen molar-refractivity contribution in [2.24, 2.45) is 4.99 Å². The van der Waals surface area contributed by atoms with E-state index < -0.39 is 0 Å². The van der Waals surface area contributed by atoms with Crippen molar-refractivity contribution < 1.29 is 0 Å². The van der Waals surface area contributed by atoms with Gasteiger partial charge in [0.25, 0.3) is 0 Å². The Labute approximate surface area is 166 Å². The molecule has 0 saturated heterocycles. The highest BCUT2D eigenvalue weighted by atomic mass is 14.9. The first-order valence-corrected chi connectivity index (χ1v) is 9.71. The van der Waals surface area contributed by atoms with E-state index in [9.17, 15) is 0 Å². The van der Waals surface area contributed by atoms with Crippen LogP contribution >= 0.6 is 0 Å². The summed E-state index contributed by atoms with van der Waals surface area (Å²) in [7, 11) is 0. The molecule has 2 heteroatoms. The van der Waals surface area contributed by atoms with Gasteiger partial charge in [-0.05, 0) is 34.4 Å². The van der Waals surface area contributed by atoms with Crippen LogP contribution in [0.15, 0.2) is 102 Å². The molecule has 0 aliphatic heterocycles. The second kappa shape index (κ2) is 8.53. The summed E-state index contributed by atoms with van der Waals surface area (Å²) >= 11 is 0. The second-order valence-corrected chi connectivity index (χ2v) is 7.04. The Bertz CT molecular complexity index is 1080. The number of nitrogens with one attached hydrogen (secondary N) is 1. The third kappa shape index (κ3) is 4.12. The maximum Gasteiger partial charge on any atom is 0.0861 e. The van der Waals surface area contributed by atoms with E-state index in [2.05, 4.69) is 97.2 Å². The first kappa shape index (κ1) is 18.0. The molecule has 0 fully saturated rings. The molecule has 4 aromatic carbocycles. The monoisotopic (exact) mass is 364 g/mol. The number of nitrogens with zero attached hydrogens (tertiary/aromatic N) is 1. The van der Waals surface area contributed by atoms with Crippen LogP contribution in [0, 0.1) is 0 Å². The van der Waals surface area contributed by atoms with E-state index >= 15 is 0 Å². The summed E-state index contributed by atoms with van der Waals surface area (Å²) in [5.41, 5.74) is 4.48. The molecule has 4 rings (SSSR count). The molecule has 0 amide bonds. The van der Waals surface area contributed by atoms with Crippen LogP contribution in [0.25, 0.3) is 10.8 Å². The first-order valence-electron chi connectivity index (χ1n) is 9.71. The highest BCUT2D eigenvalue weighted by molar-refractivity contribution is 6.00. The minimum absolute atomic E-state index is 0.427. The average Bonchev–Trinajstić information content (AvgIpc) is 2.77. The van der Waals surface area contributed by atoms with E-state index in [0.717, 1.165) is 23.5 Å². The normalized spacial score (nSPS) is 12.3. The SMILES string of the molecule is CC(CNc1ccccc1N=Cc1cccc2ccccc12)c1ccccc1. The standard InChI is InChI=1S/C26H24N2/c1-20(21-10-3-2-4-11-21)18-27-25-16-7-8-17-26(25)28-19-23-14-9-13-22-12-5-6-15-24(22)23/h2-17,19-20,27H,18H2,1H3. The predicted molar refractivity (Wildman–Crippen MR) is 121 cm³/mol. The minimum Gasteiger partial charge on any atom is -0.383 e. The third-order valence-corrected chi connectivity index (χ3v) is 5.04. The van der Waals surface area contributed by atoms with Crippen LogP contribution in [0.1, 0.15) is 24.0 Å². The summed E-state index contributed by atoms with van der Waals surface area (Å²) in [5, 5.41) is 6.02. The molecule has 0 saturated carbocycles. The van der Waals surface area contributed by atoms with Gasteiger partial charge >= 0.3 is 0 Å². The quantitative estimate of drug-likeness (QED) is 0.374. The Hall–Kier alpha value is -3.39. The predicted octanol–water partition coefficient (Wildman–Crippen LogP) is 6.81. The topological polar surface area (TPSA) is 24.4 Å². The summed E-state index contributed by atoms with van der Waals surface area (Å²) in [6, 6.07) is 33.5. The highest BCUT2D eigenvalue weighted by Crippen LogP contribution is 2.26. The van der Waals surface area contributed by atoms with Crippen molar-refractivity contribution in [3.63, 3.8) is 0 Å². The fourth-order valence-electron chi connectivity index (χ4n) is 3.40. The van der Waals surface area contributed by atoms with Gasteiger partial charge < -0.3 is 5.32 Å². The highest BCUT2D eigenvalue weighted by Gasteiger charge is 2.06. The van der Waals surface area contributed by atoms with Crippen LogP contribution < -0.4 is 5.32 Å². The maximum atomic E-state index is 4.79. The van der Waals surface area contributed by atoms with E-state index in [0.29, 0.717) is 5.92 Å². The van der Waals surface area contributed by atoms with Gasteiger partial charge in [0.1, 0.15) is 0 Å². The lowest BCUT2D eigenvalue weighted by Crippen LogP contribution is -2.09. The molecule has 0 aromatic heterocycles. The first-order chi connectivity index (χ1) is 13.8. The van der Waals surface area contributed by atoms with Crippen molar-refractivity contribution in [2.45, 2.75) is 12.8 Å². The number of anilines is 1. The van der Waals surface area contributed by atoms with Crippen molar-refractivity contribution in [2.75, 3.05) is 11.9 Å². The number of fused-ring (bicyclic) bond motifs is 1. The molecule has 1 atom stereocenters. The zero-order valence-electron chi connectivity index (χ0n) is 16.0. The Morgan fingerprint density at radius 1 is 0.786 bits per heavy atom. The molecule has 28 heavy (non-hydrogen) atoms. The summed E-state index contributed by atoms with van der Waals surface area (Å²) in [6.45, 7) is 3.11. The lowest BCUT2D eigenvalue weighted by molar-refractivity contribution is 0.805. The summed E-state index contributed by atoms with van der Waals surface area (Å²) < 4.78 is 0. The van der Waals surface area contributed by atoms with E-state index in [1.165, 1.54) is 16.3 Å². The average molecular weight is 364 g/mol. The maximum absolute atomic E-state index is 4.79. The Morgan fingerprint density at radius 3 is 2.39 bits per heavy atom. The van der Waals surface area contributed by atoms with Crippen LogP contribution in [-0.4, -0.2) is 12.8 Å². The molecule has 1 N–H and O–H groups in total. The fourth-order valence-corrected chi connectivity index (χ4v) is 3.40. The second-order valence-electron chi connectivity index (χ2n) is 7.04. The van der Waals surface area contributed by atoms with Gasteiger partial charge in [-0.25, -0.2) is 0 Å². The lowest BCUT2D eigenvalue weighted by atomic mass is 10.0. The molecule has 0 bridgehead atoms. The third-order valence-electron chi connectivity index (χ3n) is 5.04. The van der Waals surface area contributed by atoms with E-state index in [-0.39, 0.29) is 0 Å². The van der Waals surface area contributed by atoms with Crippen LogP contribution in [0.2, 0.25) is 0 Å². The van der Waals surface area contributed by atoms with Gasteiger partial charge in [-0.3, -0.25) is 4.99 Å². The van der Waals surface area contributed by atoms with Crippen molar-refractivity contribution in [3.8, 4) is 0 Å². The van der Waals surface area contributed by atoms with Crippen molar-refractivity contribution in [1.29, 1.82) is 0 Å². The molecule has 0 heterocycles. The molecule has 0 aliphatic rings. The number of aliphatic imine (C=N–C) groups is 1. The molecule has 1 unspecified atom stereocenters. The van der Waals surface area contributed by atoms with Gasteiger partial charge in [0.05, 0.1) is 11.4 Å². The van der Waals surface area contributed by atoms with Crippen LogP contribution in [0.3, 0.4) is 0 Å². The van der Waals surface area contributed by atoms with Gasteiger partial charge in [-0.1, -0.05) is 91.9 Å². The summed E-state index contributed by atoms with van der Waals surface area (Å²) in [5.74, 6) is 0.427. The van der Waals surface area contributed by atoms with E-state index in [1.54, 1.807) is 0 Å². The van der Waals surface area contributed by atoms with Crippen molar-refractivity contribution in [3.05, 3.63) is 108 Å². The number of hydrogen-bond donors (Lipinski definition) is 1. The van der Waals surface area contributed by atoms with Crippen LogP contribution in [-0.2, 0) is 0 Å². The van der Waals surface area contributed by atoms with E-state index in [4.69, 9.17) is 4.99 Å². The molecular formula is C26H24N2. The number of rotatable bonds is 6. The molecular weight excluding hydrogens is 340 g/mol. The Balaban J connectivity index is 1.54. The van der Waals surface area contributed by atoms with Crippen molar-refractivity contribution in [1.82, 2.24) is 0 Å². The lowest BCUT2D eigenvalue weighted by Gasteiger charge is -2.15. The molecule has 0 spiro atoms. The fraction of sp³-hybridized carbons (Fsp3) is 0.115. The summed E-state index contributed by atoms with van der Waals surface area (Å²) in [6.07, 6.45) is 1.96. The van der Waals surface area contributed by atoms with Gasteiger partial charge in [0.15, 0.2) is 0 Å². The molecule has 2 nitrogen and oxygen atoms in total. The van der Waals surface area contributed by atoms with Crippen LogP contribution in [0.5, 0.6) is 0 Å².